The zero-order valence-electron chi connectivity index (χ0n) is 11.9. The van der Waals surface area contributed by atoms with Crippen molar-refractivity contribution in [3.05, 3.63) is 53.6 Å². The molecule has 2 N–H and O–H groups in total. The second kappa shape index (κ2) is 6.50. The van der Waals surface area contributed by atoms with Gasteiger partial charge in [0, 0.05) is 5.39 Å². The van der Waals surface area contributed by atoms with Gasteiger partial charge < -0.3 is 14.8 Å². The molecular formula is C16H12ClN3O3. The molecule has 2 aromatic carbocycles. The minimum absolute atomic E-state index is 0.124. The minimum Gasteiger partial charge on any atom is -0.493 e. The van der Waals surface area contributed by atoms with Crippen molar-refractivity contribution in [3.63, 3.8) is 0 Å². The molecule has 1 aromatic heterocycles. The van der Waals surface area contributed by atoms with E-state index in [1.807, 2.05) is 6.07 Å². The van der Waals surface area contributed by atoms with E-state index in [9.17, 15) is 9.90 Å². The number of hydrogen-bond acceptors (Lipinski definition) is 4. The van der Waals surface area contributed by atoms with Crippen molar-refractivity contribution in [2.24, 2.45) is 10.2 Å². The second-order valence-electron chi connectivity index (χ2n) is 4.68. The number of ether oxygens (including phenoxy) is 1. The van der Waals surface area contributed by atoms with Crippen molar-refractivity contribution < 1.29 is 14.6 Å². The van der Waals surface area contributed by atoms with Crippen LogP contribution in [0.5, 0.6) is 11.6 Å². The molecule has 23 heavy (non-hydrogen) atoms. The number of H-pyrrole nitrogens is 1. The minimum atomic E-state index is -0.574. The number of aromatic nitrogens is 1. The fraction of sp³-hybridized carbons (Fsp3) is 0.0625. The van der Waals surface area contributed by atoms with Gasteiger partial charge in [0.2, 0.25) is 5.88 Å². The van der Waals surface area contributed by atoms with Crippen LogP contribution in [0.15, 0.2) is 58.8 Å². The number of fused-ring (bicyclic) bond motifs is 1. The largest absolute Gasteiger partial charge is 0.493 e. The van der Waals surface area contributed by atoms with Crippen molar-refractivity contribution in [1.29, 1.82) is 0 Å². The van der Waals surface area contributed by atoms with E-state index in [1.54, 1.807) is 42.5 Å². The molecule has 0 radical (unpaired) electrons. The van der Waals surface area contributed by atoms with E-state index in [4.69, 9.17) is 16.3 Å². The molecule has 0 saturated carbocycles. The summed E-state index contributed by atoms with van der Waals surface area (Å²) in [6, 6.07) is 14.0. The maximum atomic E-state index is 11.7. The quantitative estimate of drug-likeness (QED) is 0.702. The molecule has 0 aliphatic rings. The highest BCUT2D eigenvalue weighted by molar-refractivity contribution is 6.36. The molecule has 0 aliphatic heterocycles. The normalized spacial score (nSPS) is 11.2. The number of nitrogens with one attached hydrogen (secondary N) is 1. The number of rotatable bonds is 4. The molecule has 1 amide bonds. The monoisotopic (exact) mass is 329 g/mol. The zero-order chi connectivity index (χ0) is 16.2. The molecule has 0 unspecified atom stereocenters. The van der Waals surface area contributed by atoms with E-state index >= 15 is 0 Å². The smallest absolute Gasteiger partial charge is 0.302 e. The molecule has 3 rings (SSSR count). The number of benzene rings is 2. The Morgan fingerprint density at radius 2 is 1.96 bits per heavy atom. The van der Waals surface area contributed by atoms with Crippen LogP contribution in [0, 0.1) is 0 Å². The van der Waals surface area contributed by atoms with Crippen molar-refractivity contribution in [1.82, 2.24) is 4.98 Å². The number of azo groups is 1. The highest BCUT2D eigenvalue weighted by Gasteiger charge is 2.13. The molecule has 3 aromatic rings. The molecule has 116 valence electrons. The molecule has 0 saturated heterocycles. The number of nitrogens with zero attached hydrogens (tertiary/aromatic N) is 2. The standard InChI is InChI=1S/C16H12ClN3O3/c17-11-7-4-8-12-14(11)15(16(22)18-12)20-19-13(21)9-23-10-5-2-1-3-6-10/h1-8,18,22H,9H2. The van der Waals surface area contributed by atoms with Crippen molar-refractivity contribution >= 4 is 34.1 Å². The van der Waals surface area contributed by atoms with Crippen LogP contribution < -0.4 is 4.74 Å². The molecule has 0 bridgehead atoms. The first-order valence-electron chi connectivity index (χ1n) is 6.76. The summed E-state index contributed by atoms with van der Waals surface area (Å²) in [6.45, 7) is -0.246. The van der Waals surface area contributed by atoms with Crippen LogP contribution in [0.2, 0.25) is 5.02 Å². The summed E-state index contributed by atoms with van der Waals surface area (Å²) in [4.78, 5) is 14.5. The van der Waals surface area contributed by atoms with Gasteiger partial charge in [-0.25, -0.2) is 0 Å². The SMILES string of the molecule is O=C(COc1ccccc1)N=Nc1c(O)[nH]c2cccc(Cl)c12. The van der Waals surface area contributed by atoms with Gasteiger partial charge in [0.05, 0.1) is 10.5 Å². The van der Waals surface area contributed by atoms with Gasteiger partial charge in [0.1, 0.15) is 5.75 Å². The Kier molecular flexibility index (Phi) is 4.25. The number of aromatic amines is 1. The molecule has 0 spiro atoms. The molecule has 6 nitrogen and oxygen atoms in total. The summed E-state index contributed by atoms with van der Waals surface area (Å²) < 4.78 is 5.28. The van der Waals surface area contributed by atoms with Crippen LogP contribution in [0.25, 0.3) is 10.9 Å². The number of para-hydroxylation sites is 1. The Morgan fingerprint density at radius 1 is 1.17 bits per heavy atom. The van der Waals surface area contributed by atoms with E-state index in [-0.39, 0.29) is 18.2 Å². The van der Waals surface area contributed by atoms with Gasteiger partial charge in [-0.2, -0.15) is 0 Å². The molecule has 0 atom stereocenters. The van der Waals surface area contributed by atoms with Gasteiger partial charge in [-0.05, 0) is 24.3 Å². The van der Waals surface area contributed by atoms with Gasteiger partial charge in [-0.3, -0.25) is 4.79 Å². The fourth-order valence-corrected chi connectivity index (χ4v) is 2.33. The van der Waals surface area contributed by atoms with Crippen molar-refractivity contribution in [2.45, 2.75) is 0 Å². The maximum Gasteiger partial charge on any atom is 0.302 e. The van der Waals surface area contributed by atoms with Crippen LogP contribution in [0.3, 0.4) is 0 Å². The summed E-state index contributed by atoms with van der Waals surface area (Å²) in [5.74, 6) is -0.211. The molecule has 1 heterocycles. The summed E-state index contributed by atoms with van der Waals surface area (Å²) in [6.07, 6.45) is 0. The highest BCUT2D eigenvalue weighted by Crippen LogP contribution is 2.39. The Labute approximate surface area is 136 Å². The number of carbonyl (C=O) groups excluding carboxylic acids is 1. The van der Waals surface area contributed by atoms with Crippen molar-refractivity contribution in [2.75, 3.05) is 6.61 Å². The van der Waals surface area contributed by atoms with Crippen LogP contribution in [-0.4, -0.2) is 22.6 Å². The number of aromatic hydroxyl groups is 1. The van der Waals surface area contributed by atoms with Crippen LogP contribution in [0.4, 0.5) is 5.69 Å². The van der Waals surface area contributed by atoms with Gasteiger partial charge in [-0.15, -0.1) is 10.2 Å². The Balaban J connectivity index is 1.75. The summed E-state index contributed by atoms with van der Waals surface area (Å²) in [5.41, 5.74) is 0.732. The maximum absolute atomic E-state index is 11.7. The van der Waals surface area contributed by atoms with E-state index in [0.717, 1.165) is 0 Å². The predicted molar refractivity (Wildman–Crippen MR) is 86.4 cm³/mol. The first-order valence-corrected chi connectivity index (χ1v) is 7.14. The van der Waals surface area contributed by atoms with Gasteiger partial charge in [-0.1, -0.05) is 35.9 Å². The Hall–Kier alpha value is -2.86. The number of amides is 1. The third kappa shape index (κ3) is 3.32. The highest BCUT2D eigenvalue weighted by atomic mass is 35.5. The van der Waals surface area contributed by atoms with E-state index in [0.29, 0.717) is 21.7 Å². The topological polar surface area (TPSA) is 87.0 Å². The van der Waals surface area contributed by atoms with E-state index < -0.39 is 5.91 Å². The fourth-order valence-electron chi connectivity index (χ4n) is 2.07. The first kappa shape index (κ1) is 15.1. The lowest BCUT2D eigenvalue weighted by atomic mass is 10.2. The second-order valence-corrected chi connectivity index (χ2v) is 5.09. The van der Waals surface area contributed by atoms with E-state index in [1.165, 1.54) is 0 Å². The number of hydrogen-bond donors (Lipinski definition) is 2. The van der Waals surface area contributed by atoms with E-state index in [2.05, 4.69) is 15.2 Å². The van der Waals surface area contributed by atoms with Crippen molar-refractivity contribution in [3.8, 4) is 11.6 Å². The van der Waals surface area contributed by atoms with Crippen LogP contribution >= 0.6 is 11.6 Å². The molecule has 0 aliphatic carbocycles. The lowest BCUT2D eigenvalue weighted by Crippen LogP contribution is -2.07. The lowest BCUT2D eigenvalue weighted by Gasteiger charge is -2.01. The summed E-state index contributed by atoms with van der Waals surface area (Å²) >= 11 is 6.09. The Morgan fingerprint density at radius 3 is 2.74 bits per heavy atom. The molecule has 7 heteroatoms. The zero-order valence-corrected chi connectivity index (χ0v) is 12.6. The number of carbonyl (C=O) groups is 1. The average molecular weight is 330 g/mol. The molecular weight excluding hydrogens is 318 g/mol. The average Bonchev–Trinajstić information content (AvgIpc) is 2.88. The van der Waals surface area contributed by atoms with Gasteiger partial charge >= 0.3 is 5.91 Å². The van der Waals surface area contributed by atoms with Gasteiger partial charge in [0.25, 0.3) is 0 Å². The molecule has 0 fully saturated rings. The van der Waals surface area contributed by atoms with Crippen LogP contribution in [0.1, 0.15) is 0 Å². The number of halogens is 1. The first-order chi connectivity index (χ1) is 11.1. The third-order valence-electron chi connectivity index (χ3n) is 3.09. The summed E-state index contributed by atoms with van der Waals surface area (Å²) in [5, 5.41) is 18.1. The lowest BCUT2D eigenvalue weighted by molar-refractivity contribution is -0.120. The third-order valence-corrected chi connectivity index (χ3v) is 3.41. The van der Waals surface area contributed by atoms with Gasteiger partial charge in [0.15, 0.2) is 12.3 Å². The van der Waals surface area contributed by atoms with Crippen LogP contribution in [-0.2, 0) is 4.79 Å². The predicted octanol–water partition coefficient (Wildman–Crippen LogP) is 4.22. The Bertz CT molecular complexity index is 875. The summed E-state index contributed by atoms with van der Waals surface area (Å²) in [7, 11) is 0.